The van der Waals surface area contributed by atoms with Crippen molar-refractivity contribution < 1.29 is 43.5 Å². The summed E-state index contributed by atoms with van der Waals surface area (Å²) in [4.78, 5) is 77.6. The molecule has 56 heavy (non-hydrogen) atoms. The number of aromatic nitrogens is 2. The molecule has 0 aliphatic carbocycles. The number of aryl methyl sites for hydroxylation is 1. The van der Waals surface area contributed by atoms with E-state index >= 15 is 0 Å². The lowest BCUT2D eigenvalue weighted by Crippen LogP contribution is -2.54. The first-order chi connectivity index (χ1) is 26.7. The molecule has 1 fully saturated rings. The monoisotopic (exact) mass is 790 g/mol. The van der Waals surface area contributed by atoms with Gasteiger partial charge in [-0.2, -0.15) is 0 Å². The summed E-state index contributed by atoms with van der Waals surface area (Å²) >= 11 is 1.49. The van der Waals surface area contributed by atoms with Crippen molar-refractivity contribution in [3.63, 3.8) is 0 Å². The van der Waals surface area contributed by atoms with Gasteiger partial charge in [0.2, 0.25) is 23.6 Å². The number of thiazole rings is 1. The summed E-state index contributed by atoms with van der Waals surface area (Å²) in [5.41, 5.74) is 5.31. The van der Waals surface area contributed by atoms with Crippen LogP contribution in [-0.4, -0.2) is 99.7 Å². The molecule has 5 rings (SSSR count). The third-order valence-corrected chi connectivity index (χ3v) is 10.2. The fourth-order valence-corrected chi connectivity index (χ4v) is 7.12. The Balaban J connectivity index is 1.28. The van der Waals surface area contributed by atoms with Crippen LogP contribution < -0.4 is 26.7 Å². The van der Waals surface area contributed by atoms with Crippen LogP contribution in [0.1, 0.15) is 71.6 Å². The van der Waals surface area contributed by atoms with E-state index in [-0.39, 0.29) is 49.5 Å². The van der Waals surface area contributed by atoms with Gasteiger partial charge in [0.15, 0.2) is 0 Å². The highest BCUT2D eigenvalue weighted by atomic mass is 32.1. The zero-order chi connectivity index (χ0) is 40.6. The zero-order valence-electron chi connectivity index (χ0n) is 31.6. The molecule has 1 aliphatic rings. The summed E-state index contributed by atoms with van der Waals surface area (Å²) in [5.74, 6) is -3.07. The maximum Gasteiger partial charge on any atom is 0.278 e. The first-order valence-corrected chi connectivity index (χ1v) is 18.7. The van der Waals surface area contributed by atoms with E-state index in [9.17, 15) is 34.2 Å². The van der Waals surface area contributed by atoms with Gasteiger partial charge in [-0.1, -0.05) is 56.3 Å². The molecule has 7 N–H and O–H groups in total. The molecule has 18 heteroatoms. The maximum atomic E-state index is 14.1. The highest BCUT2D eigenvalue weighted by Gasteiger charge is 2.44. The Kier molecular flexibility index (Phi) is 13.4. The van der Waals surface area contributed by atoms with Crippen LogP contribution in [0.3, 0.4) is 0 Å². The normalized spacial score (nSPS) is 16.4. The predicted octanol–water partition coefficient (Wildman–Crippen LogP) is 2.69. The molecule has 1 aliphatic heterocycles. The Morgan fingerprint density at radius 3 is 2.34 bits per heavy atom. The van der Waals surface area contributed by atoms with Crippen molar-refractivity contribution in [2.24, 2.45) is 5.41 Å². The highest BCUT2D eigenvalue weighted by Crippen LogP contribution is 2.31. The largest absolute Gasteiger partial charge is 0.506 e. The minimum atomic E-state index is -1.03. The lowest BCUT2D eigenvalue weighted by Gasteiger charge is -2.35. The molecule has 17 nitrogen and oxygen atoms in total. The van der Waals surface area contributed by atoms with Gasteiger partial charge in [-0.25, -0.2) is 10.5 Å². The second-order valence-corrected chi connectivity index (χ2v) is 15.2. The van der Waals surface area contributed by atoms with Crippen LogP contribution in [0.25, 0.3) is 10.4 Å². The topological polar surface area (TPSA) is 237 Å². The number of likely N-dealkylation sites (tertiary alicyclic amines) is 1. The van der Waals surface area contributed by atoms with Gasteiger partial charge >= 0.3 is 0 Å². The number of phenols is 1. The molecule has 4 aromatic rings. The number of hydrogen-bond acceptors (Lipinski definition) is 13. The molecular weight excluding hydrogens is 745 g/mol. The standard InChI is InChI=1S/C38H46N8O9S/c1-21-32(56-20-41-21)23-11-9-22(10-12-23)27(18-29(48)39-15-16-40-34(50)25-7-6-8-26(31(25)49)35(51)45-54-5)43-36(52)28-17-24(47)19-46(28)37(53)33(38(2,3)4)44-30-13-14-42-55-30/h6-14,20,24,27-28,33,44,47,49H,15-19H2,1-5H3,(H,39,48)(H,40,50)(H,43,52)(H,45,51)/t24-,27+,28+,33-/m1/s1. The molecule has 2 aromatic heterocycles. The number of nitrogens with one attached hydrogen (secondary N) is 5. The smallest absolute Gasteiger partial charge is 0.278 e. The van der Waals surface area contributed by atoms with E-state index in [1.54, 1.807) is 11.6 Å². The quantitative estimate of drug-likeness (QED) is 0.0680. The van der Waals surface area contributed by atoms with Crippen molar-refractivity contribution in [2.45, 2.75) is 64.8 Å². The number of β-amino-alcohol motifs (C(OH)–C–C–N with tert-alkyl or cyclic N) is 1. The van der Waals surface area contributed by atoms with Crippen molar-refractivity contribution in [1.82, 2.24) is 36.5 Å². The number of benzene rings is 2. The summed E-state index contributed by atoms with van der Waals surface area (Å²) in [6.07, 6.45) is 0.288. The van der Waals surface area contributed by atoms with E-state index in [1.165, 1.54) is 47.7 Å². The van der Waals surface area contributed by atoms with Crippen LogP contribution in [0.2, 0.25) is 0 Å². The summed E-state index contributed by atoms with van der Waals surface area (Å²) < 4.78 is 5.19. The first kappa shape index (κ1) is 41.3. The second-order valence-electron chi connectivity index (χ2n) is 14.3. The molecule has 3 heterocycles. The van der Waals surface area contributed by atoms with E-state index < -0.39 is 64.9 Å². The number of amides is 5. The third kappa shape index (κ3) is 10.1. The molecule has 0 unspecified atom stereocenters. The van der Waals surface area contributed by atoms with Crippen LogP contribution in [0.5, 0.6) is 5.75 Å². The van der Waals surface area contributed by atoms with Crippen molar-refractivity contribution in [1.29, 1.82) is 0 Å². The number of carbonyl (C=O) groups is 5. The molecule has 298 valence electrons. The summed E-state index contributed by atoms with van der Waals surface area (Å²) in [6.45, 7) is 7.42. The number of nitrogens with zero attached hydrogens (tertiary/aromatic N) is 3. The molecule has 1 saturated heterocycles. The van der Waals surface area contributed by atoms with Crippen molar-refractivity contribution in [3.05, 3.63) is 82.6 Å². The number of rotatable bonds is 15. The Hall–Kier alpha value is -5.85. The van der Waals surface area contributed by atoms with Crippen molar-refractivity contribution >= 4 is 46.8 Å². The summed E-state index contributed by atoms with van der Waals surface area (Å²) in [7, 11) is 1.23. The van der Waals surface area contributed by atoms with E-state index in [1.807, 2.05) is 52.0 Å². The molecule has 0 bridgehead atoms. The number of aliphatic hydroxyl groups excluding tert-OH is 1. The minimum absolute atomic E-state index is 0.00290. The number of para-hydroxylation sites is 1. The maximum absolute atomic E-state index is 14.1. The van der Waals surface area contributed by atoms with Crippen LogP contribution in [0, 0.1) is 12.3 Å². The number of hydroxylamine groups is 1. The number of hydrogen-bond donors (Lipinski definition) is 7. The SMILES string of the molecule is CONC(=O)c1cccc(C(=O)NCCNC(=O)C[C@H](NC(=O)[C@@H]2C[C@@H](O)CN2C(=O)[C@@H](Nc2ccno2)C(C)(C)C)c2ccc(-c3scnc3C)cc2)c1O. The molecule has 0 saturated carbocycles. The molecule has 5 amide bonds. The van der Waals surface area contributed by atoms with Gasteiger partial charge in [0.05, 0.1) is 59.1 Å². The number of phenolic OH excluding ortho intramolecular Hbond substituents is 1. The van der Waals surface area contributed by atoms with Gasteiger partial charge in [0.1, 0.15) is 17.8 Å². The van der Waals surface area contributed by atoms with E-state index in [0.717, 1.165) is 16.1 Å². The van der Waals surface area contributed by atoms with Crippen LogP contribution in [-0.2, 0) is 19.2 Å². The average molecular weight is 791 g/mol. The lowest BCUT2D eigenvalue weighted by molar-refractivity contribution is -0.141. The van der Waals surface area contributed by atoms with Gasteiger partial charge < -0.3 is 40.9 Å². The Morgan fingerprint density at radius 1 is 1.02 bits per heavy atom. The number of aliphatic hydroxyl groups is 1. The van der Waals surface area contributed by atoms with Gasteiger partial charge in [-0.3, -0.25) is 28.8 Å². The van der Waals surface area contributed by atoms with Crippen molar-refractivity contribution in [2.75, 3.05) is 32.1 Å². The van der Waals surface area contributed by atoms with Gasteiger partial charge in [-0.05, 0) is 35.6 Å². The molecule has 0 spiro atoms. The third-order valence-electron chi connectivity index (χ3n) is 9.18. The fraction of sp³-hybridized carbons (Fsp3) is 0.395. The second kappa shape index (κ2) is 18.2. The first-order valence-electron chi connectivity index (χ1n) is 17.8. The number of aromatic hydroxyl groups is 1. The Bertz CT molecular complexity index is 2010. The average Bonchev–Trinajstić information content (AvgIpc) is 3.93. The molecule has 2 aromatic carbocycles. The summed E-state index contributed by atoms with van der Waals surface area (Å²) in [6, 6.07) is 10.4. The number of anilines is 1. The van der Waals surface area contributed by atoms with Crippen molar-refractivity contribution in [3.8, 4) is 16.2 Å². The molecule has 4 atom stereocenters. The van der Waals surface area contributed by atoms with Crippen LogP contribution in [0.15, 0.2) is 64.8 Å². The predicted molar refractivity (Wildman–Crippen MR) is 205 cm³/mol. The Labute approximate surface area is 327 Å². The lowest BCUT2D eigenvalue weighted by atomic mass is 9.85. The Morgan fingerprint density at radius 2 is 1.71 bits per heavy atom. The van der Waals surface area contributed by atoms with E-state index in [0.29, 0.717) is 5.56 Å². The molecular formula is C38H46N8O9S. The highest BCUT2D eigenvalue weighted by molar-refractivity contribution is 7.13. The molecule has 0 radical (unpaired) electrons. The van der Waals surface area contributed by atoms with E-state index in [2.05, 4.69) is 41.7 Å². The summed E-state index contributed by atoms with van der Waals surface area (Å²) in [5, 5.41) is 36.2. The van der Waals surface area contributed by atoms with Crippen LogP contribution >= 0.6 is 11.3 Å². The fourth-order valence-electron chi connectivity index (χ4n) is 6.31. The van der Waals surface area contributed by atoms with Crippen LogP contribution in [0.4, 0.5) is 5.88 Å². The van der Waals surface area contributed by atoms with E-state index in [4.69, 9.17) is 4.52 Å². The van der Waals surface area contributed by atoms with Gasteiger partial charge in [-0.15, -0.1) is 11.3 Å². The number of carbonyl (C=O) groups excluding carboxylic acids is 5. The minimum Gasteiger partial charge on any atom is -0.506 e. The zero-order valence-corrected chi connectivity index (χ0v) is 32.4. The van der Waals surface area contributed by atoms with Gasteiger partial charge in [0, 0.05) is 32.1 Å². The van der Waals surface area contributed by atoms with Gasteiger partial charge in [0.25, 0.3) is 11.8 Å².